The van der Waals surface area contributed by atoms with Crippen molar-refractivity contribution in [2.75, 3.05) is 26.3 Å². The zero-order chi connectivity index (χ0) is 13.4. The monoisotopic (exact) mass is 256 g/mol. The van der Waals surface area contributed by atoms with Crippen molar-refractivity contribution in [1.82, 2.24) is 5.32 Å². The SMILES string of the molecule is CC(C)(CCN)CCC(=O)NCCOCC1CC1. The molecule has 106 valence electrons. The third-order valence-corrected chi connectivity index (χ3v) is 3.47. The molecule has 1 aliphatic rings. The highest BCUT2D eigenvalue weighted by atomic mass is 16.5. The topological polar surface area (TPSA) is 64.4 Å². The second kappa shape index (κ2) is 7.74. The Labute approximate surface area is 111 Å². The molecule has 0 unspecified atom stereocenters. The molecule has 0 aromatic heterocycles. The zero-order valence-corrected chi connectivity index (χ0v) is 11.8. The van der Waals surface area contributed by atoms with Gasteiger partial charge in [-0.15, -0.1) is 0 Å². The summed E-state index contributed by atoms with van der Waals surface area (Å²) in [7, 11) is 0. The fourth-order valence-corrected chi connectivity index (χ4v) is 1.85. The van der Waals surface area contributed by atoms with Gasteiger partial charge in [0.15, 0.2) is 0 Å². The smallest absolute Gasteiger partial charge is 0.220 e. The second-order valence-electron chi connectivity index (χ2n) is 6.07. The molecule has 0 atom stereocenters. The fraction of sp³-hybridized carbons (Fsp3) is 0.929. The molecule has 0 saturated heterocycles. The minimum atomic E-state index is 0.120. The van der Waals surface area contributed by atoms with Gasteiger partial charge in [-0.3, -0.25) is 4.79 Å². The number of hydrogen-bond acceptors (Lipinski definition) is 3. The average molecular weight is 256 g/mol. The quantitative estimate of drug-likeness (QED) is 0.585. The summed E-state index contributed by atoms with van der Waals surface area (Å²) >= 11 is 0. The number of hydrogen-bond donors (Lipinski definition) is 2. The number of ether oxygens (including phenoxy) is 1. The Kier molecular flexibility index (Phi) is 6.65. The predicted molar refractivity (Wildman–Crippen MR) is 73.2 cm³/mol. The van der Waals surface area contributed by atoms with Gasteiger partial charge in [0.2, 0.25) is 5.91 Å². The van der Waals surface area contributed by atoms with Gasteiger partial charge in [0.05, 0.1) is 6.61 Å². The number of nitrogens with one attached hydrogen (secondary N) is 1. The highest BCUT2D eigenvalue weighted by Gasteiger charge is 2.21. The van der Waals surface area contributed by atoms with E-state index in [9.17, 15) is 4.79 Å². The third-order valence-electron chi connectivity index (χ3n) is 3.47. The van der Waals surface area contributed by atoms with Crippen molar-refractivity contribution < 1.29 is 9.53 Å². The van der Waals surface area contributed by atoms with Crippen molar-refractivity contribution >= 4 is 5.91 Å². The Morgan fingerprint density at radius 1 is 1.39 bits per heavy atom. The maximum Gasteiger partial charge on any atom is 0.220 e. The van der Waals surface area contributed by atoms with Crippen LogP contribution in [0.5, 0.6) is 0 Å². The van der Waals surface area contributed by atoms with E-state index < -0.39 is 0 Å². The van der Waals surface area contributed by atoms with Crippen molar-refractivity contribution in [2.45, 2.75) is 46.0 Å². The molecule has 1 saturated carbocycles. The summed E-state index contributed by atoms with van der Waals surface area (Å²) in [5.74, 6) is 0.910. The molecule has 0 aromatic rings. The van der Waals surface area contributed by atoms with Crippen molar-refractivity contribution in [3.05, 3.63) is 0 Å². The molecule has 3 N–H and O–H groups in total. The van der Waals surface area contributed by atoms with Crippen molar-refractivity contribution in [2.24, 2.45) is 17.1 Å². The molecular formula is C14H28N2O2. The molecule has 0 heterocycles. The van der Waals surface area contributed by atoms with Crippen LogP contribution in [-0.4, -0.2) is 32.2 Å². The van der Waals surface area contributed by atoms with Crippen molar-refractivity contribution in [3.63, 3.8) is 0 Å². The van der Waals surface area contributed by atoms with Crippen molar-refractivity contribution in [3.8, 4) is 0 Å². The molecule has 0 aromatic carbocycles. The van der Waals surface area contributed by atoms with E-state index in [0.29, 0.717) is 26.1 Å². The van der Waals surface area contributed by atoms with Crippen LogP contribution in [-0.2, 0) is 9.53 Å². The van der Waals surface area contributed by atoms with Crippen molar-refractivity contribution in [1.29, 1.82) is 0 Å². The summed E-state index contributed by atoms with van der Waals surface area (Å²) in [5, 5.41) is 2.90. The van der Waals surface area contributed by atoms with Crippen LogP contribution in [0.3, 0.4) is 0 Å². The molecule has 0 bridgehead atoms. The summed E-state index contributed by atoms with van der Waals surface area (Å²) in [6.45, 7) is 7.12. The molecule has 4 heteroatoms. The number of carbonyl (C=O) groups is 1. The van der Waals surface area contributed by atoms with E-state index in [1.165, 1.54) is 12.8 Å². The number of amides is 1. The second-order valence-corrected chi connectivity index (χ2v) is 6.07. The Bertz CT molecular complexity index is 250. The van der Waals surface area contributed by atoms with E-state index in [0.717, 1.165) is 25.4 Å². The first-order chi connectivity index (χ1) is 8.53. The van der Waals surface area contributed by atoms with E-state index in [4.69, 9.17) is 10.5 Å². The normalized spacial score (nSPS) is 15.7. The number of carbonyl (C=O) groups excluding carboxylic acids is 1. The Hall–Kier alpha value is -0.610. The van der Waals surface area contributed by atoms with E-state index >= 15 is 0 Å². The molecule has 1 amide bonds. The lowest BCUT2D eigenvalue weighted by Gasteiger charge is -2.23. The number of rotatable bonds is 10. The molecule has 0 radical (unpaired) electrons. The summed E-state index contributed by atoms with van der Waals surface area (Å²) in [6, 6.07) is 0. The van der Waals surface area contributed by atoms with Crippen LogP contribution < -0.4 is 11.1 Å². The maximum absolute atomic E-state index is 11.6. The Balaban J connectivity index is 1.95. The van der Waals surface area contributed by atoms with E-state index in [1.807, 2.05) is 0 Å². The molecule has 18 heavy (non-hydrogen) atoms. The van der Waals surface area contributed by atoms with Gasteiger partial charge in [0.1, 0.15) is 0 Å². The van der Waals surface area contributed by atoms with Gasteiger partial charge in [0, 0.05) is 19.6 Å². The first-order valence-corrected chi connectivity index (χ1v) is 7.08. The lowest BCUT2D eigenvalue weighted by atomic mass is 9.84. The molecule has 1 fully saturated rings. The minimum absolute atomic E-state index is 0.120. The van der Waals surface area contributed by atoms with E-state index in [2.05, 4.69) is 19.2 Å². The van der Waals surface area contributed by atoms with Crippen LogP contribution in [0.25, 0.3) is 0 Å². The van der Waals surface area contributed by atoms with Gasteiger partial charge in [-0.05, 0) is 43.6 Å². The predicted octanol–water partition coefficient (Wildman–Crippen LogP) is 1.68. The zero-order valence-electron chi connectivity index (χ0n) is 11.8. The van der Waals surface area contributed by atoms with Gasteiger partial charge in [-0.1, -0.05) is 13.8 Å². The molecular weight excluding hydrogens is 228 g/mol. The summed E-state index contributed by atoms with van der Waals surface area (Å²) in [5.41, 5.74) is 5.71. The molecule has 0 spiro atoms. The summed E-state index contributed by atoms with van der Waals surface area (Å²) < 4.78 is 5.46. The van der Waals surface area contributed by atoms with Gasteiger partial charge in [-0.2, -0.15) is 0 Å². The van der Waals surface area contributed by atoms with Crippen LogP contribution in [0, 0.1) is 11.3 Å². The average Bonchev–Trinajstić information content (AvgIpc) is 3.10. The molecule has 4 nitrogen and oxygen atoms in total. The maximum atomic E-state index is 11.6. The minimum Gasteiger partial charge on any atom is -0.379 e. The molecule has 1 aliphatic carbocycles. The van der Waals surface area contributed by atoms with Gasteiger partial charge in [-0.25, -0.2) is 0 Å². The fourth-order valence-electron chi connectivity index (χ4n) is 1.85. The first kappa shape index (κ1) is 15.4. The Morgan fingerprint density at radius 2 is 2.11 bits per heavy atom. The summed E-state index contributed by atoms with van der Waals surface area (Å²) in [6.07, 6.45) is 5.05. The third kappa shape index (κ3) is 7.67. The standard InChI is InChI=1S/C14H28N2O2/c1-14(2,7-8-15)6-5-13(17)16-9-10-18-11-12-3-4-12/h12H,3-11,15H2,1-2H3,(H,16,17). The lowest BCUT2D eigenvalue weighted by molar-refractivity contribution is -0.121. The Morgan fingerprint density at radius 3 is 2.72 bits per heavy atom. The van der Waals surface area contributed by atoms with E-state index in [1.54, 1.807) is 0 Å². The van der Waals surface area contributed by atoms with Crippen LogP contribution in [0.2, 0.25) is 0 Å². The van der Waals surface area contributed by atoms with Gasteiger partial charge >= 0.3 is 0 Å². The highest BCUT2D eigenvalue weighted by Crippen LogP contribution is 2.28. The van der Waals surface area contributed by atoms with E-state index in [-0.39, 0.29) is 11.3 Å². The lowest BCUT2D eigenvalue weighted by Crippen LogP contribution is -2.29. The van der Waals surface area contributed by atoms with Crippen LogP contribution in [0.4, 0.5) is 0 Å². The van der Waals surface area contributed by atoms with Crippen LogP contribution in [0.15, 0.2) is 0 Å². The van der Waals surface area contributed by atoms with Gasteiger partial charge < -0.3 is 15.8 Å². The molecule has 1 rings (SSSR count). The largest absolute Gasteiger partial charge is 0.379 e. The first-order valence-electron chi connectivity index (χ1n) is 7.08. The van der Waals surface area contributed by atoms with Gasteiger partial charge in [0.25, 0.3) is 0 Å². The highest BCUT2D eigenvalue weighted by molar-refractivity contribution is 5.75. The van der Waals surface area contributed by atoms with Crippen LogP contribution in [0.1, 0.15) is 46.0 Å². The van der Waals surface area contributed by atoms with Crippen LogP contribution >= 0.6 is 0 Å². The molecule has 0 aliphatic heterocycles. The summed E-state index contributed by atoms with van der Waals surface area (Å²) in [4.78, 5) is 11.6. The number of nitrogens with two attached hydrogens (primary N) is 1.